The molecule has 0 fully saturated rings. The number of benzene rings is 1. The number of nitrogens with zero attached hydrogens (tertiary/aromatic N) is 3. The molecule has 0 atom stereocenters. The van der Waals surface area contributed by atoms with Crippen molar-refractivity contribution in [1.29, 1.82) is 0 Å². The molecular formula is C19H16F10N4O3. The number of rotatable bonds is 8. The predicted molar refractivity (Wildman–Crippen MR) is 104 cm³/mol. The van der Waals surface area contributed by atoms with Crippen LogP contribution in [-0.2, 0) is 5.92 Å². The average molecular weight is 538 g/mol. The molecule has 0 aliphatic heterocycles. The summed E-state index contributed by atoms with van der Waals surface area (Å²) in [5.41, 5.74) is -1.57. The maximum Gasteiger partial charge on any atom is 0.458 e. The molecule has 1 aromatic carbocycles. The third kappa shape index (κ3) is 8.01. The number of aromatic nitrogens is 2. The number of nitrogens with one attached hydrogen (secondary N) is 1. The average Bonchev–Trinajstić information content (AvgIpc) is 2.74. The highest BCUT2D eigenvalue weighted by Gasteiger charge is 2.58. The molecule has 0 bridgehead atoms. The molecule has 0 radical (unpaired) electrons. The van der Waals surface area contributed by atoms with Crippen LogP contribution in [0.3, 0.4) is 0 Å². The molecular weight excluding hydrogens is 522 g/mol. The Balaban J connectivity index is 2.23. The van der Waals surface area contributed by atoms with Crippen LogP contribution in [0.15, 0.2) is 30.3 Å². The van der Waals surface area contributed by atoms with Crippen LogP contribution in [0.5, 0.6) is 11.8 Å². The molecule has 2 aromatic rings. The van der Waals surface area contributed by atoms with Gasteiger partial charge in [-0.2, -0.15) is 45.1 Å². The van der Waals surface area contributed by atoms with Gasteiger partial charge in [-0.25, -0.2) is 13.6 Å². The zero-order valence-corrected chi connectivity index (χ0v) is 18.1. The number of anilines is 2. The topological polar surface area (TPSA) is 76.6 Å². The van der Waals surface area contributed by atoms with Crippen LogP contribution in [0.4, 0.5) is 60.3 Å². The maximum atomic E-state index is 13.4. The smallest absolute Gasteiger partial charge is 0.458 e. The number of hydrogen-bond donors (Lipinski definition) is 1. The highest BCUT2D eigenvalue weighted by Crippen LogP contribution is 2.44. The molecule has 0 aliphatic rings. The van der Waals surface area contributed by atoms with E-state index >= 15 is 0 Å². The molecule has 7 nitrogen and oxygen atoms in total. The SMILES string of the molecule is CN(C(=O)Nc1nc(OCC(C)(F)F)cc(OCC(F)(F)F)n1)c1ccc(C(F)(F)C(F)(F)F)cc1. The van der Waals surface area contributed by atoms with Gasteiger partial charge in [-0.3, -0.25) is 10.2 Å². The van der Waals surface area contributed by atoms with Gasteiger partial charge in [0.1, 0.15) is 0 Å². The molecule has 2 amide bonds. The summed E-state index contributed by atoms with van der Waals surface area (Å²) in [5.74, 6) is -10.7. The predicted octanol–water partition coefficient (Wildman–Crippen LogP) is 5.77. The van der Waals surface area contributed by atoms with E-state index in [2.05, 4.69) is 14.7 Å². The van der Waals surface area contributed by atoms with Gasteiger partial charge >= 0.3 is 24.3 Å². The van der Waals surface area contributed by atoms with Gasteiger partial charge in [0.05, 0.1) is 6.07 Å². The zero-order chi connectivity index (χ0) is 27.5. The van der Waals surface area contributed by atoms with Gasteiger partial charge in [-0.1, -0.05) is 12.1 Å². The molecule has 17 heteroatoms. The molecule has 0 aliphatic carbocycles. The van der Waals surface area contributed by atoms with Crippen molar-refractivity contribution in [3.8, 4) is 11.8 Å². The van der Waals surface area contributed by atoms with E-state index in [1.54, 1.807) is 0 Å². The lowest BCUT2D eigenvalue weighted by Crippen LogP contribution is -2.34. The standard InChI is InChI=1S/C19H16F10N4O3/c1-16(20,21)8-35-12-7-13(36-9-17(22,23)24)31-14(30-12)32-15(34)33(2)11-5-3-10(4-6-11)18(25,26)19(27,28)29/h3-7H,8-9H2,1-2H3,(H,30,31,32,34). The molecule has 0 spiro atoms. The molecule has 36 heavy (non-hydrogen) atoms. The summed E-state index contributed by atoms with van der Waals surface area (Å²) in [6.45, 7) is -2.57. The Labute approximate surface area is 196 Å². The molecule has 0 saturated heterocycles. The molecule has 200 valence electrons. The quantitative estimate of drug-likeness (QED) is 0.432. The largest absolute Gasteiger partial charge is 0.471 e. The van der Waals surface area contributed by atoms with Crippen molar-refractivity contribution in [2.45, 2.75) is 31.1 Å². The maximum absolute atomic E-state index is 13.4. The van der Waals surface area contributed by atoms with E-state index in [0.717, 1.165) is 19.2 Å². The lowest BCUT2D eigenvalue weighted by molar-refractivity contribution is -0.289. The van der Waals surface area contributed by atoms with Crippen molar-refractivity contribution in [3.05, 3.63) is 35.9 Å². The molecule has 1 aromatic heterocycles. The van der Waals surface area contributed by atoms with Gasteiger partial charge in [0.25, 0.3) is 5.92 Å². The molecule has 0 saturated carbocycles. The second kappa shape index (κ2) is 10.2. The van der Waals surface area contributed by atoms with Crippen molar-refractivity contribution in [2.24, 2.45) is 0 Å². The minimum absolute atomic E-state index is 0.180. The second-order valence-electron chi connectivity index (χ2n) is 7.24. The number of hydrogen-bond acceptors (Lipinski definition) is 5. The summed E-state index contributed by atoms with van der Waals surface area (Å²) >= 11 is 0. The first-order valence-electron chi connectivity index (χ1n) is 9.47. The van der Waals surface area contributed by atoms with Crippen LogP contribution < -0.4 is 19.7 Å². The van der Waals surface area contributed by atoms with Gasteiger partial charge < -0.3 is 9.47 Å². The summed E-state index contributed by atoms with van der Waals surface area (Å²) in [6, 6.07) is 1.95. The third-order valence-corrected chi connectivity index (χ3v) is 4.03. The Morgan fingerprint density at radius 1 is 0.889 bits per heavy atom. The normalized spacial score (nSPS) is 12.8. The van der Waals surface area contributed by atoms with Crippen molar-refractivity contribution in [2.75, 3.05) is 30.5 Å². The molecule has 1 N–H and O–H groups in total. The number of halogens is 10. The fraction of sp³-hybridized carbons (Fsp3) is 0.421. The first-order chi connectivity index (χ1) is 16.3. The zero-order valence-electron chi connectivity index (χ0n) is 18.1. The van der Waals surface area contributed by atoms with Crippen LogP contribution in [-0.4, -0.2) is 54.5 Å². The number of carbonyl (C=O) groups excluding carboxylic acids is 1. The van der Waals surface area contributed by atoms with E-state index in [9.17, 15) is 48.7 Å². The second-order valence-corrected chi connectivity index (χ2v) is 7.24. The van der Waals surface area contributed by atoms with Crippen molar-refractivity contribution in [3.63, 3.8) is 0 Å². The number of alkyl halides is 10. The van der Waals surface area contributed by atoms with Gasteiger partial charge in [0.15, 0.2) is 13.2 Å². The fourth-order valence-corrected chi connectivity index (χ4v) is 2.32. The van der Waals surface area contributed by atoms with Gasteiger partial charge in [0.2, 0.25) is 17.7 Å². The van der Waals surface area contributed by atoms with Crippen LogP contribution in [0.25, 0.3) is 0 Å². The van der Waals surface area contributed by atoms with E-state index in [0.29, 0.717) is 30.0 Å². The number of amides is 2. The van der Waals surface area contributed by atoms with Crippen LogP contribution in [0, 0.1) is 0 Å². The minimum atomic E-state index is -5.85. The molecule has 2 rings (SSSR count). The van der Waals surface area contributed by atoms with Gasteiger partial charge in [-0.05, 0) is 12.1 Å². The van der Waals surface area contributed by atoms with E-state index in [-0.39, 0.29) is 5.69 Å². The van der Waals surface area contributed by atoms with Crippen LogP contribution in [0.2, 0.25) is 0 Å². The van der Waals surface area contributed by atoms with Crippen LogP contribution in [0.1, 0.15) is 12.5 Å². The highest BCUT2D eigenvalue weighted by molar-refractivity contribution is 6.00. The summed E-state index contributed by atoms with van der Waals surface area (Å²) < 4.78 is 137. The van der Waals surface area contributed by atoms with Crippen molar-refractivity contribution >= 4 is 17.7 Å². The summed E-state index contributed by atoms with van der Waals surface area (Å²) in [6.07, 6.45) is -10.6. The Morgan fingerprint density at radius 2 is 1.39 bits per heavy atom. The Kier molecular flexibility index (Phi) is 8.15. The Hall–Kier alpha value is -3.53. The number of urea groups is 1. The van der Waals surface area contributed by atoms with Gasteiger partial charge in [0, 0.05) is 25.2 Å². The summed E-state index contributed by atoms with van der Waals surface area (Å²) in [7, 11) is 1.06. The Morgan fingerprint density at radius 3 is 1.83 bits per heavy atom. The Bertz CT molecular complexity index is 1020. The first kappa shape index (κ1) is 28.7. The number of carbonyl (C=O) groups is 1. The molecule has 0 unspecified atom stereocenters. The highest BCUT2D eigenvalue weighted by atomic mass is 19.4. The summed E-state index contributed by atoms with van der Waals surface area (Å²) in [5, 5.41) is 1.99. The minimum Gasteiger partial charge on any atom is -0.471 e. The fourth-order valence-electron chi connectivity index (χ4n) is 2.32. The first-order valence-corrected chi connectivity index (χ1v) is 9.47. The van der Waals surface area contributed by atoms with Crippen molar-refractivity contribution < 1.29 is 58.2 Å². The summed E-state index contributed by atoms with van der Waals surface area (Å²) in [4.78, 5) is 20.2. The van der Waals surface area contributed by atoms with E-state index < -0.39 is 66.7 Å². The van der Waals surface area contributed by atoms with Crippen molar-refractivity contribution in [1.82, 2.24) is 9.97 Å². The molecule has 1 heterocycles. The van der Waals surface area contributed by atoms with E-state index in [1.807, 2.05) is 5.32 Å². The van der Waals surface area contributed by atoms with Gasteiger partial charge in [-0.15, -0.1) is 0 Å². The lowest BCUT2D eigenvalue weighted by atomic mass is 10.1. The van der Waals surface area contributed by atoms with E-state index in [1.165, 1.54) is 0 Å². The number of ether oxygens (including phenoxy) is 2. The van der Waals surface area contributed by atoms with E-state index in [4.69, 9.17) is 4.74 Å². The third-order valence-electron chi connectivity index (χ3n) is 4.03. The van der Waals surface area contributed by atoms with Crippen LogP contribution >= 0.6 is 0 Å². The lowest BCUT2D eigenvalue weighted by Gasteiger charge is -2.22. The monoisotopic (exact) mass is 538 g/mol.